The molecule has 3 rings (SSSR count). The highest BCUT2D eigenvalue weighted by Gasteiger charge is 2.16. The maximum atomic E-state index is 14.3. The van der Waals surface area contributed by atoms with Gasteiger partial charge in [-0.3, -0.25) is 4.98 Å². The summed E-state index contributed by atoms with van der Waals surface area (Å²) in [4.78, 5) is 4.86. The Hall–Kier alpha value is -2.60. The molecule has 0 saturated heterocycles. The SMILES string of the molecule is CSc1cc(F)c(CNc2c(N)cnc(C)c2-c2ccccc2)c(F)c1. The first-order valence-electron chi connectivity index (χ1n) is 8.07. The van der Waals surface area contributed by atoms with Crippen LogP contribution in [0.3, 0.4) is 0 Å². The van der Waals surface area contributed by atoms with Gasteiger partial charge >= 0.3 is 0 Å². The number of hydrogen-bond donors (Lipinski definition) is 2. The number of anilines is 2. The molecule has 0 aliphatic rings. The zero-order chi connectivity index (χ0) is 18.7. The molecule has 6 heteroatoms. The van der Waals surface area contributed by atoms with E-state index < -0.39 is 11.6 Å². The Morgan fingerprint density at radius 1 is 1.12 bits per heavy atom. The second kappa shape index (κ2) is 7.74. The van der Waals surface area contributed by atoms with E-state index in [2.05, 4.69) is 10.3 Å². The van der Waals surface area contributed by atoms with Crippen LogP contribution in [0.2, 0.25) is 0 Å². The van der Waals surface area contributed by atoms with Crippen molar-refractivity contribution in [1.29, 1.82) is 0 Å². The van der Waals surface area contributed by atoms with Gasteiger partial charge in [0, 0.05) is 28.3 Å². The number of halogens is 2. The summed E-state index contributed by atoms with van der Waals surface area (Å²) in [6.07, 6.45) is 3.33. The van der Waals surface area contributed by atoms with E-state index in [0.29, 0.717) is 16.3 Å². The standard InChI is InChI=1S/C20H19F2N3S/c1-12-19(13-6-4-3-5-7-13)20(18(23)11-24-12)25-10-15-16(21)8-14(26-2)9-17(15)22/h3-9,11H,10,23H2,1-2H3,(H,24,25). The lowest BCUT2D eigenvalue weighted by Crippen LogP contribution is -2.09. The number of nitrogens with one attached hydrogen (secondary N) is 1. The van der Waals surface area contributed by atoms with Crippen molar-refractivity contribution in [1.82, 2.24) is 4.98 Å². The van der Waals surface area contributed by atoms with Gasteiger partial charge in [-0.25, -0.2) is 8.78 Å². The van der Waals surface area contributed by atoms with Gasteiger partial charge in [0.05, 0.1) is 17.6 Å². The number of pyridine rings is 1. The third-order valence-corrected chi connectivity index (χ3v) is 4.86. The molecule has 3 aromatic rings. The average molecular weight is 371 g/mol. The second-order valence-corrected chi connectivity index (χ2v) is 6.72. The summed E-state index contributed by atoms with van der Waals surface area (Å²) >= 11 is 1.30. The molecule has 0 aliphatic carbocycles. The van der Waals surface area contributed by atoms with Gasteiger partial charge < -0.3 is 11.1 Å². The maximum absolute atomic E-state index is 14.3. The second-order valence-electron chi connectivity index (χ2n) is 5.84. The fraction of sp³-hybridized carbons (Fsp3) is 0.150. The molecule has 134 valence electrons. The predicted octanol–water partition coefficient (Wildman–Crippen LogP) is 5.25. The molecule has 3 nitrogen and oxygen atoms in total. The molecule has 0 aliphatic heterocycles. The molecule has 0 fully saturated rings. The molecule has 0 saturated carbocycles. The van der Waals surface area contributed by atoms with Crippen molar-refractivity contribution in [2.24, 2.45) is 0 Å². The molecule has 1 aromatic heterocycles. The first-order chi connectivity index (χ1) is 12.5. The number of hydrogen-bond acceptors (Lipinski definition) is 4. The van der Waals surface area contributed by atoms with E-state index in [-0.39, 0.29) is 12.1 Å². The quantitative estimate of drug-likeness (QED) is 0.601. The number of aryl methyl sites for hydroxylation is 1. The van der Waals surface area contributed by atoms with Crippen molar-refractivity contribution in [2.45, 2.75) is 18.4 Å². The molecule has 1 heterocycles. The lowest BCUT2D eigenvalue weighted by Gasteiger charge is -2.17. The van der Waals surface area contributed by atoms with E-state index in [9.17, 15) is 8.78 Å². The monoisotopic (exact) mass is 371 g/mol. The lowest BCUT2D eigenvalue weighted by molar-refractivity contribution is 0.554. The van der Waals surface area contributed by atoms with Crippen molar-refractivity contribution in [3.05, 3.63) is 71.6 Å². The number of nitrogens with zero attached hydrogens (tertiary/aromatic N) is 1. The van der Waals surface area contributed by atoms with Gasteiger partial charge in [-0.05, 0) is 30.9 Å². The summed E-state index contributed by atoms with van der Waals surface area (Å²) in [7, 11) is 0. The highest BCUT2D eigenvalue weighted by atomic mass is 32.2. The molecule has 0 atom stereocenters. The first kappa shape index (κ1) is 18.2. The van der Waals surface area contributed by atoms with Crippen LogP contribution in [0.1, 0.15) is 11.3 Å². The number of nitrogen functional groups attached to an aromatic ring is 1. The Bertz CT molecular complexity index is 907. The van der Waals surface area contributed by atoms with Crippen molar-refractivity contribution in [2.75, 3.05) is 17.3 Å². The normalized spacial score (nSPS) is 10.8. The molecule has 0 spiro atoms. The summed E-state index contributed by atoms with van der Waals surface area (Å²) in [6.45, 7) is 1.86. The van der Waals surface area contributed by atoms with Gasteiger partial charge in [-0.1, -0.05) is 30.3 Å². The van der Waals surface area contributed by atoms with Crippen molar-refractivity contribution < 1.29 is 8.78 Å². The Morgan fingerprint density at radius 3 is 2.38 bits per heavy atom. The topological polar surface area (TPSA) is 50.9 Å². The minimum absolute atomic E-state index is 0.0141. The van der Waals surface area contributed by atoms with E-state index in [1.807, 2.05) is 37.3 Å². The number of aromatic nitrogens is 1. The van der Waals surface area contributed by atoms with E-state index in [0.717, 1.165) is 16.8 Å². The highest BCUT2D eigenvalue weighted by Crippen LogP contribution is 2.35. The van der Waals surface area contributed by atoms with Crippen LogP contribution < -0.4 is 11.1 Å². The van der Waals surface area contributed by atoms with E-state index in [1.165, 1.54) is 23.9 Å². The van der Waals surface area contributed by atoms with Gasteiger partial charge in [0.25, 0.3) is 0 Å². The largest absolute Gasteiger partial charge is 0.396 e. The summed E-state index contributed by atoms with van der Waals surface area (Å²) in [5, 5.41) is 3.10. The Labute approximate surface area is 155 Å². The number of benzene rings is 2. The van der Waals surface area contributed by atoms with Crippen LogP contribution in [0.5, 0.6) is 0 Å². The van der Waals surface area contributed by atoms with Gasteiger partial charge in [0.1, 0.15) is 11.6 Å². The van der Waals surface area contributed by atoms with Gasteiger partial charge in [-0.2, -0.15) is 0 Å². The molecule has 0 bridgehead atoms. The summed E-state index contributed by atoms with van der Waals surface area (Å²) in [5.41, 5.74) is 9.67. The van der Waals surface area contributed by atoms with Crippen molar-refractivity contribution >= 4 is 23.1 Å². The molecule has 0 amide bonds. The van der Waals surface area contributed by atoms with Crippen LogP contribution in [-0.4, -0.2) is 11.2 Å². The minimum atomic E-state index is -0.576. The fourth-order valence-corrected chi connectivity index (χ4v) is 3.26. The molecule has 0 radical (unpaired) electrons. The molecule has 2 aromatic carbocycles. The molecular formula is C20H19F2N3S. The summed E-state index contributed by atoms with van der Waals surface area (Å²) in [5.74, 6) is -1.15. The van der Waals surface area contributed by atoms with Crippen molar-refractivity contribution in [3.8, 4) is 11.1 Å². The summed E-state index contributed by atoms with van der Waals surface area (Å²) < 4.78 is 28.5. The Balaban J connectivity index is 1.98. The first-order valence-corrected chi connectivity index (χ1v) is 9.30. The summed E-state index contributed by atoms with van der Waals surface area (Å²) in [6, 6.07) is 12.3. The van der Waals surface area contributed by atoms with Crippen LogP contribution in [0.25, 0.3) is 11.1 Å². The lowest BCUT2D eigenvalue weighted by atomic mass is 10.0. The Kier molecular flexibility index (Phi) is 5.42. The van der Waals surface area contributed by atoms with Gasteiger partial charge in [0.2, 0.25) is 0 Å². The number of thioether (sulfide) groups is 1. The van der Waals surface area contributed by atoms with Crippen LogP contribution >= 0.6 is 11.8 Å². The number of nitrogens with two attached hydrogens (primary N) is 1. The van der Waals surface area contributed by atoms with Gasteiger partial charge in [0.15, 0.2) is 0 Å². The van der Waals surface area contributed by atoms with E-state index in [1.54, 1.807) is 12.5 Å². The highest BCUT2D eigenvalue weighted by molar-refractivity contribution is 7.98. The smallest absolute Gasteiger partial charge is 0.132 e. The molecular weight excluding hydrogens is 352 g/mol. The third kappa shape index (κ3) is 3.65. The van der Waals surface area contributed by atoms with Crippen LogP contribution in [0.4, 0.5) is 20.2 Å². The van der Waals surface area contributed by atoms with Crippen LogP contribution in [-0.2, 0) is 6.54 Å². The zero-order valence-corrected chi connectivity index (χ0v) is 15.3. The molecule has 26 heavy (non-hydrogen) atoms. The molecule has 0 unspecified atom stereocenters. The zero-order valence-electron chi connectivity index (χ0n) is 14.5. The van der Waals surface area contributed by atoms with Crippen LogP contribution in [0.15, 0.2) is 53.6 Å². The van der Waals surface area contributed by atoms with Gasteiger partial charge in [-0.15, -0.1) is 11.8 Å². The third-order valence-electron chi connectivity index (χ3n) is 4.15. The number of rotatable bonds is 5. The minimum Gasteiger partial charge on any atom is -0.396 e. The molecule has 3 N–H and O–H groups in total. The van der Waals surface area contributed by atoms with E-state index >= 15 is 0 Å². The van der Waals surface area contributed by atoms with Crippen LogP contribution in [0, 0.1) is 18.6 Å². The van der Waals surface area contributed by atoms with Crippen molar-refractivity contribution in [3.63, 3.8) is 0 Å². The maximum Gasteiger partial charge on any atom is 0.132 e. The Morgan fingerprint density at radius 2 is 1.77 bits per heavy atom. The average Bonchev–Trinajstić information content (AvgIpc) is 2.64. The fourth-order valence-electron chi connectivity index (χ4n) is 2.81. The predicted molar refractivity (Wildman–Crippen MR) is 104 cm³/mol. The van der Waals surface area contributed by atoms with E-state index in [4.69, 9.17) is 5.73 Å².